The van der Waals surface area contributed by atoms with Crippen LogP contribution in [0.25, 0.3) is 21.8 Å². The van der Waals surface area contributed by atoms with Gasteiger partial charge in [0.1, 0.15) is 0 Å². The molecule has 6 nitrogen and oxygen atoms in total. The highest BCUT2D eigenvalue weighted by Crippen LogP contribution is 2.45. The van der Waals surface area contributed by atoms with Crippen LogP contribution in [-0.4, -0.2) is 40.0 Å². The molecule has 0 saturated heterocycles. The molecule has 0 atom stereocenters. The van der Waals surface area contributed by atoms with Gasteiger partial charge in [-0.25, -0.2) is 0 Å². The van der Waals surface area contributed by atoms with Crippen molar-refractivity contribution in [3.63, 3.8) is 0 Å². The predicted molar refractivity (Wildman–Crippen MR) is 231 cm³/mol. The maximum Gasteiger partial charge on any atom is 0.311 e. The minimum atomic E-state index is -0.561. The molecule has 2 aromatic carbocycles. The quantitative estimate of drug-likeness (QED) is 0.100. The zero-order valence-corrected chi connectivity index (χ0v) is 37.2. The molecule has 0 amide bonds. The molecule has 2 aliphatic rings. The third-order valence-electron chi connectivity index (χ3n) is 11.9. The molecule has 6 rings (SSSR count). The van der Waals surface area contributed by atoms with Gasteiger partial charge in [0.2, 0.25) is 0 Å². The average Bonchev–Trinajstić information content (AvgIpc) is 3.54. The highest BCUT2D eigenvalue weighted by atomic mass is 32.2. The molecule has 7 heteroatoms. The van der Waals surface area contributed by atoms with Gasteiger partial charge in [-0.15, -0.1) is 11.8 Å². The maximum absolute atomic E-state index is 12.6. The van der Waals surface area contributed by atoms with E-state index in [1.54, 1.807) is 0 Å². The van der Waals surface area contributed by atoms with Crippen molar-refractivity contribution in [3.05, 3.63) is 65.0 Å². The summed E-state index contributed by atoms with van der Waals surface area (Å²) in [6.45, 7) is 25.9. The third kappa shape index (κ3) is 10.0. The van der Waals surface area contributed by atoms with E-state index < -0.39 is 10.8 Å². The summed E-state index contributed by atoms with van der Waals surface area (Å²) in [5.41, 5.74) is 6.87. The van der Waals surface area contributed by atoms with Gasteiger partial charge in [0.15, 0.2) is 0 Å². The van der Waals surface area contributed by atoms with Crippen molar-refractivity contribution in [2.75, 3.05) is 14.2 Å². The van der Waals surface area contributed by atoms with Gasteiger partial charge in [-0.1, -0.05) is 85.6 Å². The lowest BCUT2D eigenvalue weighted by molar-refractivity contribution is -0.151. The molecule has 2 fully saturated rings. The SMILES string of the molecule is COC(=O)C(C)(C)Cc1c(SC(C)(C)C)c2ccc(C(C)C)cc2n1CC1CCC1.COC(=O)C(C)(C)Cc1cc2ccc(C(C)C)cc2n1CC1CCC1. The van der Waals surface area contributed by atoms with Gasteiger partial charge in [-0.2, -0.15) is 0 Å². The lowest BCUT2D eigenvalue weighted by atomic mass is 9.84. The Hall–Kier alpha value is -3.19. The highest BCUT2D eigenvalue weighted by Gasteiger charge is 2.35. The topological polar surface area (TPSA) is 62.5 Å². The van der Waals surface area contributed by atoms with Crippen molar-refractivity contribution in [2.24, 2.45) is 22.7 Å². The average molecular weight is 771 g/mol. The number of hydrogen-bond donors (Lipinski definition) is 0. The molecule has 0 N–H and O–H groups in total. The number of ether oxygens (including phenoxy) is 2. The van der Waals surface area contributed by atoms with E-state index in [9.17, 15) is 9.59 Å². The van der Waals surface area contributed by atoms with Crippen LogP contribution in [0.15, 0.2) is 47.4 Å². The molecule has 302 valence electrons. The minimum Gasteiger partial charge on any atom is -0.469 e. The van der Waals surface area contributed by atoms with Gasteiger partial charge in [-0.05, 0) is 112 Å². The zero-order chi connectivity index (χ0) is 40.5. The maximum atomic E-state index is 12.6. The molecule has 0 bridgehead atoms. The number of thioether (sulfide) groups is 1. The van der Waals surface area contributed by atoms with Gasteiger partial charge in [0, 0.05) is 63.4 Å². The molecule has 4 aromatic rings. The van der Waals surface area contributed by atoms with Crippen molar-refractivity contribution < 1.29 is 19.1 Å². The van der Waals surface area contributed by atoms with E-state index in [1.807, 2.05) is 39.5 Å². The first-order valence-corrected chi connectivity index (χ1v) is 21.7. The van der Waals surface area contributed by atoms with Crippen LogP contribution in [-0.2, 0) is 45.0 Å². The molecule has 2 aliphatic carbocycles. The fourth-order valence-electron chi connectivity index (χ4n) is 8.04. The number of hydrogen-bond acceptors (Lipinski definition) is 5. The fraction of sp³-hybridized carbons (Fsp3) is 0.625. The summed E-state index contributed by atoms with van der Waals surface area (Å²) >= 11 is 1.93. The van der Waals surface area contributed by atoms with Gasteiger partial charge in [-0.3, -0.25) is 9.59 Å². The highest BCUT2D eigenvalue weighted by molar-refractivity contribution is 8.00. The number of methoxy groups -OCH3 is 2. The number of rotatable bonds is 13. The van der Waals surface area contributed by atoms with E-state index >= 15 is 0 Å². The van der Waals surface area contributed by atoms with Gasteiger partial charge in [0.05, 0.1) is 25.0 Å². The smallest absolute Gasteiger partial charge is 0.311 e. The Morgan fingerprint density at radius 1 is 0.691 bits per heavy atom. The Morgan fingerprint density at radius 3 is 1.65 bits per heavy atom. The fourth-order valence-corrected chi connectivity index (χ4v) is 9.23. The van der Waals surface area contributed by atoms with Crippen LogP contribution in [0.2, 0.25) is 0 Å². The normalized spacial score (nSPS) is 15.6. The van der Waals surface area contributed by atoms with Crippen molar-refractivity contribution in [1.82, 2.24) is 9.13 Å². The van der Waals surface area contributed by atoms with Crippen LogP contribution in [0.5, 0.6) is 0 Å². The van der Waals surface area contributed by atoms with E-state index in [-0.39, 0.29) is 16.7 Å². The first kappa shape index (κ1) is 42.9. The predicted octanol–water partition coefficient (Wildman–Crippen LogP) is 12.5. The lowest BCUT2D eigenvalue weighted by Gasteiger charge is -2.29. The van der Waals surface area contributed by atoms with Crippen LogP contribution in [0, 0.1) is 22.7 Å². The Balaban J connectivity index is 0.000000214. The van der Waals surface area contributed by atoms with E-state index in [2.05, 4.69) is 100 Å². The summed E-state index contributed by atoms with van der Waals surface area (Å²) in [4.78, 5) is 26.1. The second kappa shape index (κ2) is 17.1. The van der Waals surface area contributed by atoms with Crippen molar-refractivity contribution in [3.8, 4) is 0 Å². The summed E-state index contributed by atoms with van der Waals surface area (Å²) in [6, 6.07) is 16.1. The monoisotopic (exact) mass is 771 g/mol. The van der Waals surface area contributed by atoms with E-state index in [0.717, 1.165) is 24.9 Å². The molecule has 0 radical (unpaired) electrons. The largest absolute Gasteiger partial charge is 0.469 e. The summed E-state index contributed by atoms with van der Waals surface area (Å²) in [5.74, 6) is 2.25. The van der Waals surface area contributed by atoms with Crippen LogP contribution in [0.3, 0.4) is 0 Å². The van der Waals surface area contributed by atoms with Crippen LogP contribution >= 0.6 is 11.8 Å². The summed E-state index contributed by atoms with van der Waals surface area (Å²) in [7, 11) is 2.97. The number of fused-ring (bicyclic) bond motifs is 2. The van der Waals surface area contributed by atoms with Gasteiger partial charge < -0.3 is 18.6 Å². The molecular weight excluding hydrogens is 701 g/mol. The number of carbonyl (C=O) groups excluding carboxylic acids is 2. The Kier molecular flexibility index (Phi) is 13.4. The molecule has 55 heavy (non-hydrogen) atoms. The summed E-state index contributed by atoms with van der Waals surface area (Å²) in [6.07, 6.45) is 9.36. The molecule has 0 spiro atoms. The number of benzene rings is 2. The van der Waals surface area contributed by atoms with Crippen LogP contribution in [0.4, 0.5) is 0 Å². The zero-order valence-electron chi connectivity index (χ0n) is 36.4. The molecule has 0 unspecified atom stereocenters. The number of nitrogens with zero attached hydrogens (tertiary/aromatic N) is 2. The van der Waals surface area contributed by atoms with Gasteiger partial charge >= 0.3 is 11.9 Å². The second-order valence-electron chi connectivity index (χ2n) is 19.4. The molecule has 2 aromatic heterocycles. The van der Waals surface area contributed by atoms with Crippen molar-refractivity contribution >= 4 is 45.5 Å². The first-order chi connectivity index (χ1) is 25.7. The summed E-state index contributed by atoms with van der Waals surface area (Å²) < 4.78 is 15.3. The molecule has 0 aliphatic heterocycles. The van der Waals surface area contributed by atoms with E-state index in [4.69, 9.17) is 9.47 Å². The Labute approximate surface area is 336 Å². The van der Waals surface area contributed by atoms with Crippen molar-refractivity contribution in [1.29, 1.82) is 0 Å². The first-order valence-electron chi connectivity index (χ1n) is 20.9. The van der Waals surface area contributed by atoms with Crippen LogP contribution < -0.4 is 0 Å². The molecule has 2 heterocycles. The van der Waals surface area contributed by atoms with E-state index in [0.29, 0.717) is 24.7 Å². The number of carbonyl (C=O) groups is 2. The molecule has 2 saturated carbocycles. The molecular formula is C48H70N2O4S. The Morgan fingerprint density at radius 2 is 1.18 bits per heavy atom. The standard InChI is InChI=1S/C26H39NO2S.C22H31NO2/c1-17(2)19-12-13-20-21(14-19)27(16-18-10-9-11-18)22(23(20)30-25(3,4)5)15-26(6,7)24(28)29-8;1-15(2)17-9-10-18-11-19(13-22(3,4)21(24)25-5)23(20(18)12-17)14-16-7-6-8-16/h12-14,17-18H,9-11,15-16H2,1-8H3;9-12,15-16H,6-8,13-14H2,1-5H3. The number of esters is 2. The lowest BCUT2D eigenvalue weighted by Crippen LogP contribution is -2.30. The second-order valence-corrected chi connectivity index (χ2v) is 21.3. The number of aromatic nitrogens is 2. The van der Waals surface area contributed by atoms with Gasteiger partial charge in [0.25, 0.3) is 0 Å². The Bertz CT molecular complexity index is 1960. The summed E-state index contributed by atoms with van der Waals surface area (Å²) in [5, 5.41) is 2.61. The minimum absolute atomic E-state index is 0.0937. The third-order valence-corrected chi connectivity index (χ3v) is 13.2. The van der Waals surface area contributed by atoms with Crippen molar-refractivity contribution in [2.45, 2.75) is 162 Å². The van der Waals surface area contributed by atoms with Crippen LogP contribution in [0.1, 0.15) is 149 Å². The van der Waals surface area contributed by atoms with E-state index in [1.165, 1.54) is 102 Å².